The summed E-state index contributed by atoms with van der Waals surface area (Å²) in [5.41, 5.74) is 14.7. The standard InChI is InChI=1S/C28H18N2O2S2/c29-22-21-23(30)27(25(32)20-12-10-16-6-2-4-8-18(16)14-20)34-28(21)33-26(22)24(31)19-11-9-15-5-1-3-7-17(15)13-19/h1-14H,29-30H2. The molecule has 0 aliphatic rings. The molecule has 4 N–H and O–H groups in total. The molecule has 2 aromatic heterocycles. The first-order chi connectivity index (χ1) is 16.5. The van der Waals surface area contributed by atoms with Crippen LogP contribution in [0.1, 0.15) is 30.5 Å². The molecule has 4 nitrogen and oxygen atoms in total. The summed E-state index contributed by atoms with van der Waals surface area (Å²) in [6.07, 6.45) is 0. The molecule has 2 heterocycles. The van der Waals surface area contributed by atoms with Crippen LogP contribution in [0.3, 0.4) is 0 Å². The predicted molar refractivity (Wildman–Crippen MR) is 143 cm³/mol. The largest absolute Gasteiger partial charge is 0.397 e. The van der Waals surface area contributed by atoms with Crippen molar-refractivity contribution in [1.82, 2.24) is 0 Å². The van der Waals surface area contributed by atoms with Crippen molar-refractivity contribution in [1.29, 1.82) is 0 Å². The van der Waals surface area contributed by atoms with E-state index in [-0.39, 0.29) is 11.6 Å². The Balaban J connectivity index is 1.39. The topological polar surface area (TPSA) is 86.2 Å². The fourth-order valence-corrected chi connectivity index (χ4v) is 6.80. The van der Waals surface area contributed by atoms with Gasteiger partial charge in [0.15, 0.2) is 0 Å². The summed E-state index contributed by atoms with van der Waals surface area (Å²) in [5.74, 6) is -0.281. The lowest BCUT2D eigenvalue weighted by Crippen LogP contribution is -2.04. The van der Waals surface area contributed by atoms with E-state index in [2.05, 4.69) is 0 Å². The van der Waals surface area contributed by atoms with Crippen LogP contribution < -0.4 is 11.5 Å². The van der Waals surface area contributed by atoms with E-state index in [0.29, 0.717) is 37.6 Å². The van der Waals surface area contributed by atoms with Gasteiger partial charge >= 0.3 is 0 Å². The molecule has 0 aliphatic carbocycles. The van der Waals surface area contributed by atoms with Gasteiger partial charge in [0, 0.05) is 11.1 Å². The van der Waals surface area contributed by atoms with Crippen LogP contribution in [0.5, 0.6) is 0 Å². The zero-order chi connectivity index (χ0) is 23.4. The van der Waals surface area contributed by atoms with Crippen LogP contribution in [-0.2, 0) is 0 Å². The van der Waals surface area contributed by atoms with E-state index in [1.807, 2.05) is 84.9 Å². The fraction of sp³-hybridized carbons (Fsp3) is 0. The summed E-state index contributed by atoms with van der Waals surface area (Å²) in [5, 5.41) is 4.73. The Kier molecular flexibility index (Phi) is 4.72. The molecule has 6 aromatic rings. The Morgan fingerprint density at radius 3 is 1.38 bits per heavy atom. The van der Waals surface area contributed by atoms with Gasteiger partial charge in [-0.3, -0.25) is 9.59 Å². The smallest absolute Gasteiger partial charge is 0.205 e. The predicted octanol–water partition coefficient (Wildman–Crippen LogP) is 6.90. The maximum absolute atomic E-state index is 13.3. The van der Waals surface area contributed by atoms with Crippen molar-refractivity contribution >= 4 is 76.6 Å². The second-order valence-electron chi connectivity index (χ2n) is 8.13. The highest BCUT2D eigenvalue weighted by Gasteiger charge is 2.26. The maximum atomic E-state index is 13.3. The third-order valence-corrected chi connectivity index (χ3v) is 8.56. The summed E-state index contributed by atoms with van der Waals surface area (Å²) in [4.78, 5) is 27.5. The first-order valence-electron chi connectivity index (χ1n) is 10.7. The molecule has 0 spiro atoms. The van der Waals surface area contributed by atoms with E-state index in [1.54, 1.807) is 0 Å². The Bertz CT molecular complexity index is 1650. The van der Waals surface area contributed by atoms with E-state index in [1.165, 1.54) is 22.7 Å². The number of carbonyl (C=O) groups excluding carboxylic acids is 2. The van der Waals surface area contributed by atoms with Crippen molar-refractivity contribution < 1.29 is 9.59 Å². The Labute approximate surface area is 203 Å². The molecule has 0 unspecified atom stereocenters. The second-order valence-corrected chi connectivity index (χ2v) is 10.4. The van der Waals surface area contributed by atoms with Gasteiger partial charge in [0.05, 0.1) is 20.8 Å². The molecule has 0 radical (unpaired) electrons. The van der Waals surface area contributed by atoms with Crippen LogP contribution in [0.2, 0.25) is 0 Å². The molecule has 0 atom stereocenters. The van der Waals surface area contributed by atoms with E-state index in [9.17, 15) is 9.59 Å². The summed E-state index contributed by atoms with van der Waals surface area (Å²) in [6, 6.07) is 27.0. The van der Waals surface area contributed by atoms with Crippen molar-refractivity contribution in [2.24, 2.45) is 0 Å². The molecule has 164 valence electrons. The molecule has 0 amide bonds. The minimum Gasteiger partial charge on any atom is -0.397 e. The number of rotatable bonds is 4. The normalized spacial score (nSPS) is 11.4. The van der Waals surface area contributed by atoms with Gasteiger partial charge in [-0.1, -0.05) is 72.8 Å². The zero-order valence-corrected chi connectivity index (χ0v) is 19.5. The van der Waals surface area contributed by atoms with Crippen molar-refractivity contribution in [3.8, 4) is 0 Å². The lowest BCUT2D eigenvalue weighted by atomic mass is 10.0. The highest BCUT2D eigenvalue weighted by Crippen LogP contribution is 2.46. The number of benzene rings is 4. The van der Waals surface area contributed by atoms with Crippen molar-refractivity contribution in [2.45, 2.75) is 0 Å². The highest BCUT2D eigenvalue weighted by atomic mass is 32.2. The summed E-state index contributed by atoms with van der Waals surface area (Å²) < 4.78 is 0.781. The number of nitrogens with two attached hydrogens (primary N) is 2. The maximum Gasteiger partial charge on any atom is 0.205 e. The fourth-order valence-electron chi connectivity index (χ4n) is 4.27. The van der Waals surface area contributed by atoms with Crippen LogP contribution in [0, 0.1) is 0 Å². The third kappa shape index (κ3) is 3.19. The molecule has 0 bridgehead atoms. The van der Waals surface area contributed by atoms with E-state index < -0.39 is 0 Å². The van der Waals surface area contributed by atoms with Crippen LogP contribution >= 0.6 is 22.7 Å². The van der Waals surface area contributed by atoms with Gasteiger partial charge in [0.25, 0.3) is 0 Å². The monoisotopic (exact) mass is 478 g/mol. The molecular weight excluding hydrogens is 460 g/mol. The molecule has 0 fully saturated rings. The molecule has 0 saturated heterocycles. The van der Waals surface area contributed by atoms with E-state index in [4.69, 9.17) is 11.5 Å². The number of fused-ring (bicyclic) bond motifs is 3. The quantitative estimate of drug-likeness (QED) is 0.270. The molecule has 4 aromatic carbocycles. The number of thiophene rings is 2. The van der Waals surface area contributed by atoms with Gasteiger partial charge in [-0.25, -0.2) is 0 Å². The average molecular weight is 479 g/mol. The Morgan fingerprint density at radius 1 is 0.559 bits per heavy atom. The Hall–Kier alpha value is -4.00. The summed E-state index contributed by atoms with van der Waals surface area (Å²) >= 11 is 2.59. The van der Waals surface area contributed by atoms with Crippen LogP contribution in [0.15, 0.2) is 84.9 Å². The number of hydrogen-bond acceptors (Lipinski definition) is 6. The number of carbonyl (C=O) groups is 2. The van der Waals surface area contributed by atoms with Crippen LogP contribution in [0.25, 0.3) is 30.9 Å². The minimum absolute atomic E-state index is 0.140. The van der Waals surface area contributed by atoms with Gasteiger partial charge in [0.1, 0.15) is 9.75 Å². The molecule has 6 heteroatoms. The van der Waals surface area contributed by atoms with E-state index in [0.717, 1.165) is 25.6 Å². The second kappa shape index (κ2) is 7.80. The molecule has 34 heavy (non-hydrogen) atoms. The third-order valence-electron chi connectivity index (χ3n) is 6.06. The summed E-state index contributed by atoms with van der Waals surface area (Å²) in [7, 11) is 0. The zero-order valence-electron chi connectivity index (χ0n) is 17.9. The van der Waals surface area contributed by atoms with Gasteiger partial charge in [0.2, 0.25) is 11.6 Å². The highest BCUT2D eigenvalue weighted by molar-refractivity contribution is 7.40. The van der Waals surface area contributed by atoms with Crippen LogP contribution in [-0.4, -0.2) is 11.6 Å². The van der Waals surface area contributed by atoms with Crippen molar-refractivity contribution in [3.05, 3.63) is 106 Å². The molecule has 0 saturated carbocycles. The number of ketones is 2. The van der Waals surface area contributed by atoms with Crippen molar-refractivity contribution in [3.63, 3.8) is 0 Å². The summed E-state index contributed by atoms with van der Waals surface area (Å²) in [6.45, 7) is 0. The Morgan fingerprint density at radius 2 is 0.971 bits per heavy atom. The van der Waals surface area contributed by atoms with Crippen LogP contribution in [0.4, 0.5) is 11.4 Å². The van der Waals surface area contributed by atoms with E-state index >= 15 is 0 Å². The SMILES string of the molecule is Nc1c(C(=O)c2ccc3ccccc3c2)sc2sc(C(=O)c3ccc4ccccc4c3)c(N)c12. The average Bonchev–Trinajstić information content (AvgIpc) is 3.38. The van der Waals surface area contributed by atoms with Gasteiger partial charge < -0.3 is 11.5 Å². The first-order valence-corrected chi connectivity index (χ1v) is 12.3. The molecule has 6 rings (SSSR count). The lowest BCUT2D eigenvalue weighted by Gasteiger charge is -2.05. The number of nitrogen functional groups attached to an aromatic ring is 2. The van der Waals surface area contributed by atoms with Gasteiger partial charge in [-0.05, 0) is 33.7 Å². The lowest BCUT2D eigenvalue weighted by molar-refractivity contribution is 0.103. The number of hydrogen-bond donors (Lipinski definition) is 2. The number of anilines is 2. The first kappa shape index (κ1) is 20.6. The molecule has 0 aliphatic heterocycles. The van der Waals surface area contributed by atoms with Crippen molar-refractivity contribution in [2.75, 3.05) is 11.5 Å². The van der Waals surface area contributed by atoms with Gasteiger partial charge in [-0.2, -0.15) is 0 Å². The van der Waals surface area contributed by atoms with Gasteiger partial charge in [-0.15, -0.1) is 22.7 Å². The minimum atomic E-state index is -0.140. The molecular formula is C28H18N2O2S2.